The number of rotatable bonds is 4. The molecule has 0 aliphatic carbocycles. The highest BCUT2D eigenvalue weighted by Crippen LogP contribution is 2.28. The van der Waals surface area contributed by atoms with Crippen LogP contribution in [-0.4, -0.2) is 29.2 Å². The van der Waals surface area contributed by atoms with E-state index >= 15 is 0 Å². The fraction of sp³-hybridized carbons (Fsp3) is 0.222. The van der Waals surface area contributed by atoms with Gasteiger partial charge < -0.3 is 4.74 Å². The van der Waals surface area contributed by atoms with Crippen molar-refractivity contribution in [1.82, 2.24) is 4.90 Å². The van der Waals surface area contributed by atoms with E-state index in [1.807, 2.05) is 0 Å². The zero-order valence-electron chi connectivity index (χ0n) is 13.7. The summed E-state index contributed by atoms with van der Waals surface area (Å²) in [5.74, 6) is -0.728. The average Bonchev–Trinajstić information content (AvgIpc) is 2.79. The summed E-state index contributed by atoms with van der Waals surface area (Å²) in [6.45, 7) is 1.60. The number of nitrogens with zero attached hydrogens (tertiary/aromatic N) is 2. The van der Waals surface area contributed by atoms with Crippen molar-refractivity contribution in [2.45, 2.75) is 25.9 Å². The van der Waals surface area contributed by atoms with E-state index in [0.29, 0.717) is 11.3 Å². The van der Waals surface area contributed by atoms with Gasteiger partial charge in [-0.3, -0.25) is 14.6 Å². The van der Waals surface area contributed by atoms with Gasteiger partial charge in [-0.25, -0.2) is 4.79 Å². The number of amides is 3. The lowest BCUT2D eigenvalue weighted by Crippen LogP contribution is -2.33. The number of carbonyl (C=O) groups is 2. The monoisotopic (exact) mass is 364 g/mol. The number of anilines is 1. The third-order valence-electron chi connectivity index (χ3n) is 3.98. The van der Waals surface area contributed by atoms with Crippen LogP contribution in [0.2, 0.25) is 0 Å². The van der Waals surface area contributed by atoms with E-state index < -0.39 is 18.4 Å². The molecule has 8 heteroatoms. The lowest BCUT2D eigenvalue weighted by Gasteiger charge is -2.19. The number of imide groups is 1. The second-order valence-corrected chi connectivity index (χ2v) is 5.78. The molecule has 0 saturated carbocycles. The van der Waals surface area contributed by atoms with Crippen LogP contribution in [0.25, 0.3) is 0 Å². The van der Waals surface area contributed by atoms with E-state index in [9.17, 15) is 22.8 Å². The maximum atomic E-state index is 12.6. The van der Waals surface area contributed by atoms with E-state index in [0.717, 1.165) is 17.0 Å². The van der Waals surface area contributed by atoms with E-state index in [4.69, 9.17) is 0 Å². The second-order valence-electron chi connectivity index (χ2n) is 5.78. The second kappa shape index (κ2) is 6.70. The lowest BCUT2D eigenvalue weighted by atomic mass is 10.2. The van der Waals surface area contributed by atoms with Crippen molar-refractivity contribution in [3.05, 3.63) is 60.2 Å². The number of para-hydroxylation sites is 1. The van der Waals surface area contributed by atoms with Crippen LogP contribution in [0.1, 0.15) is 12.5 Å². The van der Waals surface area contributed by atoms with Gasteiger partial charge in [0.05, 0.1) is 6.54 Å². The van der Waals surface area contributed by atoms with Gasteiger partial charge in [-0.2, -0.15) is 0 Å². The number of ether oxygens (including phenoxy) is 1. The Labute approximate surface area is 147 Å². The van der Waals surface area contributed by atoms with Crippen LogP contribution >= 0.6 is 0 Å². The molecule has 0 bridgehead atoms. The molecule has 3 rings (SSSR count). The Hall–Kier alpha value is -3.03. The van der Waals surface area contributed by atoms with Crippen LogP contribution in [0, 0.1) is 0 Å². The first kappa shape index (κ1) is 17.8. The minimum absolute atomic E-state index is 0.0301. The van der Waals surface area contributed by atoms with Gasteiger partial charge in [-0.15, -0.1) is 13.2 Å². The zero-order valence-corrected chi connectivity index (χ0v) is 13.7. The molecule has 1 fully saturated rings. The van der Waals surface area contributed by atoms with Gasteiger partial charge in [0, 0.05) is 5.69 Å². The SMILES string of the molecule is CC1C(=O)N(Cc2ccc(OC(F)(F)F)cc2)C(=O)N1c1ccccc1. The molecule has 1 saturated heterocycles. The molecule has 1 heterocycles. The predicted octanol–water partition coefficient (Wildman–Crippen LogP) is 3.94. The number of carbonyl (C=O) groups excluding carboxylic acids is 2. The van der Waals surface area contributed by atoms with Crippen LogP contribution in [0.4, 0.5) is 23.7 Å². The molecule has 1 atom stereocenters. The summed E-state index contributed by atoms with van der Waals surface area (Å²) in [5, 5.41) is 0. The van der Waals surface area contributed by atoms with Gasteiger partial charge in [-0.1, -0.05) is 30.3 Å². The van der Waals surface area contributed by atoms with Gasteiger partial charge in [-0.05, 0) is 36.8 Å². The highest BCUT2D eigenvalue weighted by molar-refractivity contribution is 6.13. The van der Waals surface area contributed by atoms with E-state index in [-0.39, 0.29) is 18.2 Å². The molecule has 5 nitrogen and oxygen atoms in total. The van der Waals surface area contributed by atoms with E-state index in [2.05, 4.69) is 4.74 Å². The van der Waals surface area contributed by atoms with Crippen molar-refractivity contribution in [3.8, 4) is 5.75 Å². The maximum absolute atomic E-state index is 12.6. The molecular weight excluding hydrogens is 349 g/mol. The maximum Gasteiger partial charge on any atom is 0.573 e. The van der Waals surface area contributed by atoms with Crippen molar-refractivity contribution in [2.75, 3.05) is 4.90 Å². The van der Waals surface area contributed by atoms with E-state index in [1.54, 1.807) is 37.3 Å². The quantitative estimate of drug-likeness (QED) is 0.772. The fourth-order valence-corrected chi connectivity index (χ4v) is 2.77. The van der Waals surface area contributed by atoms with Gasteiger partial charge in [0.15, 0.2) is 0 Å². The number of halogens is 3. The lowest BCUT2D eigenvalue weighted by molar-refractivity contribution is -0.274. The van der Waals surface area contributed by atoms with Crippen molar-refractivity contribution in [1.29, 1.82) is 0 Å². The summed E-state index contributed by atoms with van der Waals surface area (Å²) in [6.07, 6.45) is -4.77. The first-order valence-electron chi connectivity index (χ1n) is 7.80. The van der Waals surface area contributed by atoms with Crippen LogP contribution in [-0.2, 0) is 11.3 Å². The van der Waals surface area contributed by atoms with Gasteiger partial charge in [0.25, 0.3) is 5.91 Å². The topological polar surface area (TPSA) is 49.9 Å². The summed E-state index contributed by atoms with van der Waals surface area (Å²) >= 11 is 0. The van der Waals surface area contributed by atoms with Crippen molar-refractivity contribution in [3.63, 3.8) is 0 Å². The number of hydrogen-bond acceptors (Lipinski definition) is 3. The number of hydrogen-bond donors (Lipinski definition) is 0. The van der Waals surface area contributed by atoms with Gasteiger partial charge >= 0.3 is 12.4 Å². The standard InChI is InChI=1S/C18H15F3N2O3/c1-12-16(24)22(17(25)23(12)14-5-3-2-4-6-14)11-13-7-9-15(10-8-13)26-18(19,20)21/h2-10,12H,11H2,1H3. The summed E-state index contributed by atoms with van der Waals surface area (Å²) in [6, 6.07) is 12.7. The van der Waals surface area contributed by atoms with Crippen LogP contribution < -0.4 is 9.64 Å². The highest BCUT2D eigenvalue weighted by Gasteiger charge is 2.43. The smallest absolute Gasteiger partial charge is 0.406 e. The Morgan fingerprint density at radius 1 is 1.00 bits per heavy atom. The number of benzene rings is 2. The normalized spacial score (nSPS) is 17.8. The molecule has 0 spiro atoms. The predicted molar refractivity (Wildman–Crippen MR) is 87.5 cm³/mol. The summed E-state index contributed by atoms with van der Waals surface area (Å²) in [7, 11) is 0. The van der Waals surface area contributed by atoms with Gasteiger partial charge in [0.2, 0.25) is 0 Å². The Morgan fingerprint density at radius 3 is 2.19 bits per heavy atom. The number of alkyl halides is 3. The Morgan fingerprint density at radius 2 is 1.62 bits per heavy atom. The van der Waals surface area contributed by atoms with Crippen molar-refractivity contribution >= 4 is 17.6 Å². The molecule has 26 heavy (non-hydrogen) atoms. The van der Waals surface area contributed by atoms with Crippen LogP contribution in [0.15, 0.2) is 54.6 Å². The third kappa shape index (κ3) is 3.63. The highest BCUT2D eigenvalue weighted by atomic mass is 19.4. The van der Waals surface area contributed by atoms with E-state index in [1.165, 1.54) is 17.0 Å². The number of urea groups is 1. The van der Waals surface area contributed by atoms with Crippen molar-refractivity contribution in [2.24, 2.45) is 0 Å². The average molecular weight is 364 g/mol. The zero-order chi connectivity index (χ0) is 18.9. The molecule has 0 aromatic heterocycles. The Bertz CT molecular complexity index is 807. The molecule has 0 radical (unpaired) electrons. The molecule has 0 N–H and O–H groups in total. The molecule has 1 unspecified atom stereocenters. The van der Waals surface area contributed by atoms with Crippen LogP contribution in [0.5, 0.6) is 5.75 Å². The first-order chi connectivity index (χ1) is 12.3. The van der Waals surface area contributed by atoms with Gasteiger partial charge in [0.1, 0.15) is 11.8 Å². The minimum atomic E-state index is -4.77. The fourth-order valence-electron chi connectivity index (χ4n) is 2.77. The summed E-state index contributed by atoms with van der Waals surface area (Å²) in [4.78, 5) is 27.6. The van der Waals surface area contributed by atoms with Crippen molar-refractivity contribution < 1.29 is 27.5 Å². The first-order valence-corrected chi connectivity index (χ1v) is 7.80. The third-order valence-corrected chi connectivity index (χ3v) is 3.98. The molecule has 136 valence electrons. The molecule has 3 amide bonds. The van der Waals surface area contributed by atoms with Crippen LogP contribution in [0.3, 0.4) is 0 Å². The largest absolute Gasteiger partial charge is 0.573 e. The molecule has 2 aromatic rings. The molecule has 2 aromatic carbocycles. The molecular formula is C18H15F3N2O3. The molecule has 1 aliphatic heterocycles. The molecule has 1 aliphatic rings. The Balaban J connectivity index is 1.76. The Kier molecular flexibility index (Phi) is 4.58. The summed E-state index contributed by atoms with van der Waals surface area (Å²) in [5.41, 5.74) is 1.12. The minimum Gasteiger partial charge on any atom is -0.406 e. The summed E-state index contributed by atoms with van der Waals surface area (Å²) < 4.78 is 40.4.